The highest BCUT2D eigenvalue weighted by Crippen LogP contribution is 2.30. The number of alkyl halides is 3. The fraction of sp³-hybridized carbons (Fsp3) is 0.444. The molecule has 2 nitrogen and oxygen atoms in total. The Bertz CT molecular complexity index is 314. The van der Waals surface area contributed by atoms with Crippen LogP contribution in [0.5, 0.6) is 0 Å². The first-order valence-corrected chi connectivity index (χ1v) is 5.36. The Kier molecular flexibility index (Phi) is 4.26. The number of aromatic nitrogens is 1. The second-order valence-electron chi connectivity index (χ2n) is 2.97. The first-order valence-electron chi connectivity index (χ1n) is 4.38. The van der Waals surface area contributed by atoms with E-state index in [1.807, 2.05) is 0 Å². The van der Waals surface area contributed by atoms with Crippen molar-refractivity contribution in [2.24, 2.45) is 0 Å². The van der Waals surface area contributed by atoms with E-state index in [4.69, 9.17) is 5.73 Å². The number of thioether (sulfide) groups is 1. The number of nitrogens with zero attached hydrogens (tertiary/aromatic N) is 1. The van der Waals surface area contributed by atoms with Crippen molar-refractivity contribution >= 4 is 17.4 Å². The summed E-state index contributed by atoms with van der Waals surface area (Å²) in [5.74, 6) is 0.0534. The molecule has 15 heavy (non-hydrogen) atoms. The average Bonchev–Trinajstić information content (AvgIpc) is 2.13. The summed E-state index contributed by atoms with van der Waals surface area (Å²) >= 11 is -0.00255. The molecule has 0 aliphatic rings. The predicted octanol–water partition coefficient (Wildman–Crippen LogP) is 2.85. The van der Waals surface area contributed by atoms with Gasteiger partial charge < -0.3 is 5.73 Å². The Balaban J connectivity index is 2.30. The second-order valence-corrected chi connectivity index (χ2v) is 4.13. The summed E-state index contributed by atoms with van der Waals surface area (Å²) in [5, 5.41) is 0. The van der Waals surface area contributed by atoms with Gasteiger partial charge in [-0.1, -0.05) is 11.8 Å². The lowest BCUT2D eigenvalue weighted by molar-refractivity contribution is -0.0327. The minimum Gasteiger partial charge on any atom is -0.398 e. The zero-order chi connectivity index (χ0) is 11.3. The maximum Gasteiger partial charge on any atom is 0.441 e. The Morgan fingerprint density at radius 2 is 2.13 bits per heavy atom. The van der Waals surface area contributed by atoms with Gasteiger partial charge in [-0.2, -0.15) is 13.2 Å². The molecule has 6 heteroatoms. The van der Waals surface area contributed by atoms with E-state index in [0.717, 1.165) is 5.56 Å². The molecular weight excluding hydrogens is 225 g/mol. The highest BCUT2D eigenvalue weighted by atomic mass is 32.2. The largest absolute Gasteiger partial charge is 0.441 e. The molecule has 0 radical (unpaired) electrons. The van der Waals surface area contributed by atoms with Gasteiger partial charge in [0, 0.05) is 23.8 Å². The van der Waals surface area contributed by atoms with E-state index in [-0.39, 0.29) is 17.5 Å². The van der Waals surface area contributed by atoms with Crippen LogP contribution in [0.25, 0.3) is 0 Å². The van der Waals surface area contributed by atoms with Gasteiger partial charge in [0.05, 0.1) is 0 Å². The minimum absolute atomic E-state index is 0.00255. The van der Waals surface area contributed by atoms with Gasteiger partial charge in [-0.15, -0.1) is 0 Å². The Hall–Kier alpha value is -0.910. The third kappa shape index (κ3) is 4.92. The van der Waals surface area contributed by atoms with E-state index in [1.165, 1.54) is 0 Å². The highest BCUT2D eigenvalue weighted by Gasteiger charge is 2.27. The summed E-state index contributed by atoms with van der Waals surface area (Å²) in [6, 6.07) is 1.65. The van der Waals surface area contributed by atoms with Crippen LogP contribution < -0.4 is 5.73 Å². The molecule has 0 saturated heterocycles. The number of rotatable bonds is 4. The Morgan fingerprint density at radius 3 is 2.73 bits per heavy atom. The summed E-state index contributed by atoms with van der Waals surface area (Å²) < 4.78 is 35.4. The van der Waals surface area contributed by atoms with Crippen molar-refractivity contribution in [3.05, 3.63) is 24.0 Å². The van der Waals surface area contributed by atoms with Crippen LogP contribution >= 0.6 is 11.8 Å². The SMILES string of the molecule is Nc1ccncc1CCCSC(F)(F)F. The van der Waals surface area contributed by atoms with Crippen LogP contribution in [0.2, 0.25) is 0 Å². The number of aryl methyl sites for hydroxylation is 1. The van der Waals surface area contributed by atoms with Gasteiger partial charge in [-0.3, -0.25) is 4.98 Å². The molecule has 0 saturated carbocycles. The molecule has 1 aromatic heterocycles. The van der Waals surface area contributed by atoms with Gasteiger partial charge in [0.1, 0.15) is 0 Å². The molecule has 84 valence electrons. The number of hydrogen-bond donors (Lipinski definition) is 1. The molecule has 0 aromatic carbocycles. The molecule has 1 heterocycles. The summed E-state index contributed by atoms with van der Waals surface area (Å²) in [6.45, 7) is 0. The van der Waals surface area contributed by atoms with Crippen LogP contribution in [-0.2, 0) is 6.42 Å². The average molecular weight is 236 g/mol. The first kappa shape index (κ1) is 12.2. The quantitative estimate of drug-likeness (QED) is 0.817. The predicted molar refractivity (Wildman–Crippen MR) is 55.5 cm³/mol. The molecule has 0 fully saturated rings. The van der Waals surface area contributed by atoms with Crippen LogP contribution in [-0.4, -0.2) is 16.2 Å². The number of halogens is 3. The molecule has 0 bridgehead atoms. The molecule has 0 aliphatic carbocycles. The molecular formula is C9H11F3N2S. The lowest BCUT2D eigenvalue weighted by Crippen LogP contribution is -2.02. The molecule has 0 spiro atoms. The normalized spacial score (nSPS) is 11.7. The van der Waals surface area contributed by atoms with Gasteiger partial charge in [-0.25, -0.2) is 0 Å². The topological polar surface area (TPSA) is 38.9 Å². The summed E-state index contributed by atoms with van der Waals surface area (Å²) in [7, 11) is 0. The lowest BCUT2D eigenvalue weighted by atomic mass is 10.1. The van der Waals surface area contributed by atoms with Crippen molar-refractivity contribution < 1.29 is 13.2 Å². The first-order chi connectivity index (χ1) is 6.99. The minimum atomic E-state index is -4.14. The van der Waals surface area contributed by atoms with Crippen molar-refractivity contribution in [2.75, 3.05) is 11.5 Å². The number of pyridine rings is 1. The fourth-order valence-corrected chi connectivity index (χ4v) is 1.62. The van der Waals surface area contributed by atoms with Crippen LogP contribution in [0.15, 0.2) is 18.5 Å². The van der Waals surface area contributed by atoms with Crippen molar-refractivity contribution in [1.29, 1.82) is 0 Å². The van der Waals surface area contributed by atoms with Crippen molar-refractivity contribution in [1.82, 2.24) is 4.98 Å². The molecule has 0 aliphatic heterocycles. The summed E-state index contributed by atoms with van der Waals surface area (Å²) in [4.78, 5) is 3.86. The van der Waals surface area contributed by atoms with Crippen LogP contribution in [0.3, 0.4) is 0 Å². The zero-order valence-electron chi connectivity index (χ0n) is 7.92. The van der Waals surface area contributed by atoms with E-state index in [1.54, 1.807) is 18.5 Å². The summed E-state index contributed by atoms with van der Waals surface area (Å²) in [6.07, 6.45) is 4.12. The monoisotopic (exact) mass is 236 g/mol. The van der Waals surface area contributed by atoms with E-state index < -0.39 is 5.51 Å². The van der Waals surface area contributed by atoms with E-state index >= 15 is 0 Å². The standard InChI is InChI=1S/C9H11F3N2S/c10-9(11,12)15-5-1-2-7-6-14-4-3-8(7)13/h3-4,6H,1-2,5H2,(H2,13,14). The maximum absolute atomic E-state index is 11.8. The number of anilines is 1. The van der Waals surface area contributed by atoms with E-state index in [0.29, 0.717) is 18.5 Å². The van der Waals surface area contributed by atoms with Gasteiger partial charge in [0.25, 0.3) is 0 Å². The number of hydrogen-bond acceptors (Lipinski definition) is 3. The van der Waals surface area contributed by atoms with E-state index in [2.05, 4.69) is 4.98 Å². The maximum atomic E-state index is 11.8. The molecule has 0 amide bonds. The smallest absolute Gasteiger partial charge is 0.398 e. The highest BCUT2D eigenvalue weighted by molar-refractivity contribution is 8.00. The van der Waals surface area contributed by atoms with Crippen LogP contribution in [0.1, 0.15) is 12.0 Å². The van der Waals surface area contributed by atoms with Gasteiger partial charge >= 0.3 is 5.51 Å². The van der Waals surface area contributed by atoms with Crippen molar-refractivity contribution in [3.63, 3.8) is 0 Å². The number of nitrogen functional groups attached to an aromatic ring is 1. The van der Waals surface area contributed by atoms with E-state index in [9.17, 15) is 13.2 Å². The molecule has 0 atom stereocenters. The Labute approximate surface area is 90.1 Å². The van der Waals surface area contributed by atoms with Crippen LogP contribution in [0.4, 0.5) is 18.9 Å². The van der Waals surface area contributed by atoms with Gasteiger partial charge in [-0.05, 0) is 24.5 Å². The Morgan fingerprint density at radius 1 is 1.40 bits per heavy atom. The molecule has 1 rings (SSSR count). The fourth-order valence-electron chi connectivity index (χ4n) is 1.10. The zero-order valence-corrected chi connectivity index (χ0v) is 8.74. The molecule has 0 unspecified atom stereocenters. The van der Waals surface area contributed by atoms with Gasteiger partial charge in [0.15, 0.2) is 0 Å². The van der Waals surface area contributed by atoms with Crippen LogP contribution in [0, 0.1) is 0 Å². The third-order valence-corrected chi connectivity index (χ3v) is 2.62. The van der Waals surface area contributed by atoms with Crippen molar-refractivity contribution in [3.8, 4) is 0 Å². The molecule has 1 aromatic rings. The second kappa shape index (κ2) is 5.25. The van der Waals surface area contributed by atoms with Crippen molar-refractivity contribution in [2.45, 2.75) is 18.3 Å². The molecule has 2 N–H and O–H groups in total. The number of nitrogens with two attached hydrogens (primary N) is 1. The third-order valence-electron chi connectivity index (χ3n) is 1.80. The lowest BCUT2D eigenvalue weighted by Gasteiger charge is -2.06. The summed E-state index contributed by atoms with van der Waals surface area (Å²) in [5.41, 5.74) is 2.87. The van der Waals surface area contributed by atoms with Gasteiger partial charge in [0.2, 0.25) is 0 Å².